The van der Waals surface area contributed by atoms with Crippen LogP contribution in [0.2, 0.25) is 0 Å². The number of hydrogen-bond acceptors (Lipinski definition) is 5. The number of fused-ring (bicyclic) bond motifs is 1. The van der Waals surface area contributed by atoms with Gasteiger partial charge in [0.15, 0.2) is 6.10 Å². The molecule has 1 atom stereocenters. The molecule has 1 aromatic carbocycles. The molecule has 5 nitrogen and oxygen atoms in total. The number of aryl methyl sites for hydroxylation is 1. The zero-order chi connectivity index (χ0) is 16.6. The first-order valence-corrected chi connectivity index (χ1v) is 7.67. The molecule has 0 unspecified atom stereocenters. The SMILES string of the molecule is Cc1nn(-c2ccc(F)cc2)c2sc(C(=O)O[C@@H](C)C#N)cc12. The molecule has 116 valence electrons. The Morgan fingerprint density at radius 3 is 2.78 bits per heavy atom. The highest BCUT2D eigenvalue weighted by molar-refractivity contribution is 7.20. The molecule has 2 heterocycles. The molecule has 0 aliphatic carbocycles. The highest BCUT2D eigenvalue weighted by Crippen LogP contribution is 2.31. The van der Waals surface area contributed by atoms with E-state index in [-0.39, 0.29) is 5.82 Å². The van der Waals surface area contributed by atoms with E-state index in [4.69, 9.17) is 10.00 Å². The Balaban J connectivity index is 2.03. The van der Waals surface area contributed by atoms with Crippen LogP contribution in [-0.2, 0) is 4.74 Å². The van der Waals surface area contributed by atoms with Crippen LogP contribution in [0.1, 0.15) is 22.3 Å². The average molecular weight is 329 g/mol. The van der Waals surface area contributed by atoms with E-state index in [1.807, 2.05) is 13.0 Å². The van der Waals surface area contributed by atoms with E-state index in [1.54, 1.807) is 22.9 Å². The van der Waals surface area contributed by atoms with Gasteiger partial charge in [0.1, 0.15) is 21.6 Å². The molecule has 0 bridgehead atoms. The summed E-state index contributed by atoms with van der Waals surface area (Å²) in [6.45, 7) is 3.35. The number of hydrogen-bond donors (Lipinski definition) is 0. The lowest BCUT2D eigenvalue weighted by molar-refractivity contribution is 0.0441. The van der Waals surface area contributed by atoms with Crippen LogP contribution in [0.5, 0.6) is 0 Å². The number of thiophene rings is 1. The van der Waals surface area contributed by atoms with Crippen LogP contribution >= 0.6 is 11.3 Å². The lowest BCUT2D eigenvalue weighted by Gasteiger charge is -2.04. The number of nitriles is 1. The number of aromatic nitrogens is 2. The standard InChI is InChI=1S/C16H12FN3O2S/c1-9(8-18)22-16(21)14-7-13-10(2)19-20(15(13)23-14)12-5-3-11(17)4-6-12/h3-7,9H,1-2H3/t9-/m0/s1. The number of ether oxygens (including phenoxy) is 1. The molecule has 0 aliphatic rings. The van der Waals surface area contributed by atoms with Crippen molar-refractivity contribution in [1.82, 2.24) is 9.78 Å². The smallest absolute Gasteiger partial charge is 0.349 e. The second-order valence-electron chi connectivity index (χ2n) is 4.98. The molecule has 0 N–H and O–H groups in total. The van der Waals surface area contributed by atoms with Gasteiger partial charge < -0.3 is 4.74 Å². The molecule has 0 radical (unpaired) electrons. The molecule has 3 aromatic rings. The van der Waals surface area contributed by atoms with Crippen LogP contribution < -0.4 is 0 Å². The normalized spacial score (nSPS) is 12.1. The number of nitrogens with zero attached hydrogens (tertiary/aromatic N) is 3. The number of carbonyl (C=O) groups is 1. The highest BCUT2D eigenvalue weighted by Gasteiger charge is 2.19. The van der Waals surface area contributed by atoms with Crippen molar-refractivity contribution in [2.45, 2.75) is 20.0 Å². The molecule has 0 saturated heterocycles. The summed E-state index contributed by atoms with van der Waals surface area (Å²) in [4.78, 5) is 13.2. The van der Waals surface area contributed by atoms with Gasteiger partial charge in [-0.3, -0.25) is 0 Å². The lowest BCUT2D eigenvalue weighted by atomic mass is 10.3. The molecule has 23 heavy (non-hydrogen) atoms. The van der Waals surface area contributed by atoms with Crippen LogP contribution in [0, 0.1) is 24.1 Å². The number of esters is 1. The Kier molecular flexibility index (Phi) is 3.84. The third-order valence-corrected chi connectivity index (χ3v) is 4.37. The summed E-state index contributed by atoms with van der Waals surface area (Å²) in [5.74, 6) is -0.861. The highest BCUT2D eigenvalue weighted by atomic mass is 32.1. The van der Waals surface area contributed by atoms with Crippen molar-refractivity contribution in [1.29, 1.82) is 5.26 Å². The van der Waals surface area contributed by atoms with Gasteiger partial charge in [0.25, 0.3) is 0 Å². The third-order valence-electron chi connectivity index (χ3n) is 3.28. The summed E-state index contributed by atoms with van der Waals surface area (Å²) < 4.78 is 19.8. The van der Waals surface area contributed by atoms with Crippen molar-refractivity contribution in [3.05, 3.63) is 46.7 Å². The second-order valence-corrected chi connectivity index (χ2v) is 6.01. The molecule has 0 aliphatic heterocycles. The van der Waals surface area contributed by atoms with Crippen LogP contribution in [0.3, 0.4) is 0 Å². The molecule has 7 heteroatoms. The fourth-order valence-electron chi connectivity index (χ4n) is 2.15. The fourth-order valence-corrected chi connectivity index (χ4v) is 3.22. The minimum absolute atomic E-state index is 0.324. The van der Waals surface area contributed by atoms with E-state index in [9.17, 15) is 9.18 Å². The predicted molar refractivity (Wildman–Crippen MR) is 84.1 cm³/mol. The number of carbonyl (C=O) groups excluding carboxylic acids is 1. The third kappa shape index (κ3) is 2.81. The Labute approximate surface area is 135 Å². The van der Waals surface area contributed by atoms with Gasteiger partial charge in [0.05, 0.1) is 11.4 Å². The number of rotatable bonds is 3. The quantitative estimate of drug-likeness (QED) is 0.689. The van der Waals surface area contributed by atoms with E-state index >= 15 is 0 Å². The minimum atomic E-state index is -0.803. The molecule has 0 fully saturated rings. The summed E-state index contributed by atoms with van der Waals surface area (Å²) in [6.07, 6.45) is -0.803. The van der Waals surface area contributed by atoms with Gasteiger partial charge in [-0.25, -0.2) is 13.9 Å². The van der Waals surface area contributed by atoms with Crippen molar-refractivity contribution in [2.75, 3.05) is 0 Å². The van der Waals surface area contributed by atoms with Crippen molar-refractivity contribution >= 4 is 27.5 Å². The first kappa shape index (κ1) is 15.2. The van der Waals surface area contributed by atoms with E-state index in [0.29, 0.717) is 10.6 Å². The topological polar surface area (TPSA) is 67.9 Å². The average Bonchev–Trinajstić information content (AvgIpc) is 3.09. The van der Waals surface area contributed by atoms with Gasteiger partial charge >= 0.3 is 5.97 Å². The maximum Gasteiger partial charge on any atom is 0.349 e. The van der Waals surface area contributed by atoms with Gasteiger partial charge in [0.2, 0.25) is 0 Å². The number of halogens is 1. The zero-order valence-electron chi connectivity index (χ0n) is 12.4. The Morgan fingerprint density at radius 2 is 2.13 bits per heavy atom. The van der Waals surface area contributed by atoms with Crippen LogP contribution in [0.25, 0.3) is 15.9 Å². The first-order chi connectivity index (χ1) is 11.0. The van der Waals surface area contributed by atoms with Crippen molar-refractivity contribution in [3.8, 4) is 11.8 Å². The maximum atomic E-state index is 13.1. The molecule has 3 rings (SSSR count). The monoisotopic (exact) mass is 329 g/mol. The van der Waals surface area contributed by atoms with Gasteiger partial charge in [0, 0.05) is 5.39 Å². The maximum absolute atomic E-state index is 13.1. The van der Waals surface area contributed by atoms with Crippen molar-refractivity contribution in [2.24, 2.45) is 0 Å². The van der Waals surface area contributed by atoms with Gasteiger partial charge in [-0.05, 0) is 44.2 Å². The summed E-state index contributed by atoms with van der Waals surface area (Å²) in [7, 11) is 0. The minimum Gasteiger partial charge on any atom is -0.443 e. The number of benzene rings is 1. The Bertz CT molecular complexity index is 921. The Hall–Kier alpha value is -2.72. The summed E-state index contributed by atoms with van der Waals surface area (Å²) >= 11 is 1.23. The van der Waals surface area contributed by atoms with Crippen LogP contribution in [0.15, 0.2) is 30.3 Å². The van der Waals surface area contributed by atoms with Gasteiger partial charge in [-0.2, -0.15) is 10.4 Å². The summed E-state index contributed by atoms with van der Waals surface area (Å²) in [6, 6.07) is 9.52. The largest absolute Gasteiger partial charge is 0.443 e. The molecule has 0 saturated carbocycles. The van der Waals surface area contributed by atoms with Crippen LogP contribution in [-0.4, -0.2) is 21.9 Å². The predicted octanol–water partition coefficient (Wildman–Crippen LogP) is 3.60. The van der Waals surface area contributed by atoms with E-state index < -0.39 is 12.1 Å². The molecular weight excluding hydrogens is 317 g/mol. The fraction of sp³-hybridized carbons (Fsp3) is 0.188. The van der Waals surface area contributed by atoms with E-state index in [2.05, 4.69) is 5.10 Å². The lowest BCUT2D eigenvalue weighted by Crippen LogP contribution is -2.11. The van der Waals surface area contributed by atoms with Gasteiger partial charge in [-0.15, -0.1) is 11.3 Å². The molecular formula is C16H12FN3O2S. The van der Waals surface area contributed by atoms with E-state index in [1.165, 1.54) is 30.4 Å². The Morgan fingerprint density at radius 1 is 1.43 bits per heavy atom. The molecule has 2 aromatic heterocycles. The summed E-state index contributed by atoms with van der Waals surface area (Å²) in [5.41, 5.74) is 1.46. The zero-order valence-corrected chi connectivity index (χ0v) is 13.2. The van der Waals surface area contributed by atoms with Crippen molar-refractivity contribution in [3.63, 3.8) is 0 Å². The second kappa shape index (κ2) is 5.82. The summed E-state index contributed by atoms with van der Waals surface area (Å²) in [5, 5.41) is 14.0. The van der Waals surface area contributed by atoms with E-state index in [0.717, 1.165) is 15.9 Å². The van der Waals surface area contributed by atoms with Crippen molar-refractivity contribution < 1.29 is 13.9 Å². The van der Waals surface area contributed by atoms with Gasteiger partial charge in [-0.1, -0.05) is 0 Å². The van der Waals surface area contributed by atoms with Crippen LogP contribution in [0.4, 0.5) is 4.39 Å². The molecule has 0 amide bonds. The molecule has 0 spiro atoms. The first-order valence-electron chi connectivity index (χ1n) is 6.85.